The Morgan fingerprint density at radius 1 is 1.14 bits per heavy atom. The lowest BCUT2D eigenvalue weighted by molar-refractivity contribution is -0.308. The molecule has 146 valence electrons. The molecule has 0 unspecified atom stereocenters. The average molecular weight is 421 g/mol. The molecular weight excluding hydrogens is 408 g/mol. The van der Waals surface area contributed by atoms with E-state index in [1.54, 1.807) is 30.5 Å². The van der Waals surface area contributed by atoms with Gasteiger partial charge in [-0.15, -0.1) is 0 Å². The quantitative estimate of drug-likeness (QED) is 0.543. The number of nitrogens with one attached hydrogen (secondary N) is 2. The Kier molecular flexibility index (Phi) is 5.41. The van der Waals surface area contributed by atoms with Crippen LogP contribution in [0.4, 0.5) is 0 Å². The van der Waals surface area contributed by atoms with Gasteiger partial charge in [0.15, 0.2) is 0 Å². The van der Waals surface area contributed by atoms with Crippen LogP contribution in [0.25, 0.3) is 10.9 Å². The molecule has 2 aromatic carbocycles. The number of carbonyl (C=O) groups is 2. The van der Waals surface area contributed by atoms with E-state index in [1.807, 2.05) is 4.72 Å². The maximum Gasteiger partial charge on any atom is 0.242 e. The number of sulfonamides is 1. The van der Waals surface area contributed by atoms with Crippen LogP contribution < -0.4 is 14.9 Å². The van der Waals surface area contributed by atoms with E-state index in [0.717, 1.165) is 29.1 Å². The molecule has 0 fully saturated rings. The molecule has 0 saturated carbocycles. The minimum atomic E-state index is -4.45. The van der Waals surface area contributed by atoms with Crippen LogP contribution >= 0.6 is 11.6 Å². The van der Waals surface area contributed by atoms with E-state index in [0.29, 0.717) is 5.56 Å². The summed E-state index contributed by atoms with van der Waals surface area (Å²) in [5.74, 6) is -3.23. The van der Waals surface area contributed by atoms with E-state index < -0.39 is 38.5 Å². The Balaban J connectivity index is 1.93. The first kappa shape index (κ1) is 19.9. The molecule has 28 heavy (non-hydrogen) atoms. The van der Waals surface area contributed by atoms with Crippen molar-refractivity contribution in [1.82, 2.24) is 9.71 Å². The van der Waals surface area contributed by atoms with E-state index >= 15 is 0 Å². The second-order valence-corrected chi connectivity index (χ2v) is 8.08. The lowest BCUT2D eigenvalue weighted by Crippen LogP contribution is -2.49. The summed E-state index contributed by atoms with van der Waals surface area (Å²) in [4.78, 5) is 24.9. The standard InChI is InChI=1S/C18H15ClN2O6S/c19-13-6-5-10(17(22)23)8-16(13)28(26,27)21-15(18(24)25)7-11-9-20-14-4-2-1-3-12(11)14/h1-6,8-9,15,20-21H,7H2,(H,22,23)(H,24,25)/p-2/t15-/m0/s1. The Labute approximate surface area is 164 Å². The minimum absolute atomic E-state index is 0.191. The number of aliphatic carboxylic acids is 1. The Morgan fingerprint density at radius 3 is 2.54 bits per heavy atom. The average Bonchev–Trinajstić information content (AvgIpc) is 3.04. The first-order valence-electron chi connectivity index (χ1n) is 7.98. The molecule has 3 rings (SSSR count). The summed E-state index contributed by atoms with van der Waals surface area (Å²) >= 11 is 5.87. The normalized spacial score (nSPS) is 12.8. The lowest BCUT2D eigenvalue weighted by atomic mass is 10.1. The number of rotatable bonds is 7. The van der Waals surface area contributed by atoms with Crippen LogP contribution in [0.5, 0.6) is 0 Å². The third-order valence-corrected chi connectivity index (χ3v) is 6.09. The number of aromatic nitrogens is 1. The van der Waals surface area contributed by atoms with E-state index in [2.05, 4.69) is 4.98 Å². The van der Waals surface area contributed by atoms with Crippen molar-refractivity contribution in [2.24, 2.45) is 0 Å². The monoisotopic (exact) mass is 420 g/mol. The highest BCUT2D eigenvalue weighted by atomic mass is 35.5. The van der Waals surface area contributed by atoms with Gasteiger partial charge in [-0.2, -0.15) is 0 Å². The molecule has 0 amide bonds. The maximum absolute atomic E-state index is 12.6. The lowest BCUT2D eigenvalue weighted by Gasteiger charge is -2.20. The summed E-state index contributed by atoms with van der Waals surface area (Å²) in [5, 5.41) is 23.0. The van der Waals surface area contributed by atoms with Crippen molar-refractivity contribution in [3.05, 3.63) is 64.8 Å². The van der Waals surface area contributed by atoms with Crippen LogP contribution in [0, 0.1) is 0 Å². The Hall–Kier alpha value is -2.88. The zero-order chi connectivity index (χ0) is 20.5. The maximum atomic E-state index is 12.6. The summed E-state index contributed by atoms with van der Waals surface area (Å²) in [5.41, 5.74) is 0.927. The van der Waals surface area contributed by atoms with E-state index in [-0.39, 0.29) is 11.4 Å². The van der Waals surface area contributed by atoms with Crippen LogP contribution in [0.15, 0.2) is 53.6 Å². The topological polar surface area (TPSA) is 142 Å². The smallest absolute Gasteiger partial charge is 0.242 e. The SMILES string of the molecule is O=C([O-])c1ccc(Cl)c(S(=O)(=O)N[C@@H](Cc2c[nH]c3ccccc23)C(=O)[O-])c1. The third-order valence-electron chi connectivity index (χ3n) is 4.14. The molecule has 2 N–H and O–H groups in total. The first-order chi connectivity index (χ1) is 13.2. The second-order valence-electron chi connectivity index (χ2n) is 5.99. The number of para-hydroxylation sites is 1. The summed E-state index contributed by atoms with van der Waals surface area (Å²) in [7, 11) is -4.45. The fourth-order valence-electron chi connectivity index (χ4n) is 2.78. The van der Waals surface area contributed by atoms with Gasteiger partial charge in [0.25, 0.3) is 0 Å². The zero-order valence-corrected chi connectivity index (χ0v) is 15.7. The molecule has 8 nitrogen and oxygen atoms in total. The number of benzene rings is 2. The van der Waals surface area contributed by atoms with Gasteiger partial charge in [0.2, 0.25) is 10.0 Å². The third kappa shape index (κ3) is 4.01. The number of carboxylic acids is 2. The van der Waals surface area contributed by atoms with Gasteiger partial charge >= 0.3 is 0 Å². The van der Waals surface area contributed by atoms with Crippen molar-refractivity contribution >= 4 is 44.5 Å². The van der Waals surface area contributed by atoms with Gasteiger partial charge in [0, 0.05) is 17.1 Å². The zero-order valence-electron chi connectivity index (χ0n) is 14.1. The van der Waals surface area contributed by atoms with Crippen molar-refractivity contribution in [2.75, 3.05) is 0 Å². The fourth-order valence-corrected chi connectivity index (χ4v) is 4.49. The largest absolute Gasteiger partial charge is 0.548 e. The van der Waals surface area contributed by atoms with Gasteiger partial charge in [0.05, 0.1) is 23.0 Å². The molecule has 1 aromatic heterocycles. The number of halogens is 1. The number of hydrogen-bond acceptors (Lipinski definition) is 6. The van der Waals surface area contributed by atoms with E-state index in [1.165, 1.54) is 0 Å². The van der Waals surface area contributed by atoms with Crippen LogP contribution in [0.1, 0.15) is 15.9 Å². The van der Waals surface area contributed by atoms with Crippen LogP contribution in [-0.2, 0) is 21.2 Å². The van der Waals surface area contributed by atoms with Crippen molar-refractivity contribution in [2.45, 2.75) is 17.4 Å². The highest BCUT2D eigenvalue weighted by Crippen LogP contribution is 2.24. The van der Waals surface area contributed by atoms with Gasteiger partial charge < -0.3 is 24.8 Å². The number of carbonyl (C=O) groups excluding carboxylic acids is 2. The van der Waals surface area contributed by atoms with Crippen molar-refractivity contribution in [3.8, 4) is 0 Å². The van der Waals surface area contributed by atoms with Crippen LogP contribution in [0.3, 0.4) is 0 Å². The Bertz CT molecular complexity index is 1170. The van der Waals surface area contributed by atoms with Gasteiger partial charge in [-0.05, 0) is 35.7 Å². The minimum Gasteiger partial charge on any atom is -0.548 e. The van der Waals surface area contributed by atoms with Gasteiger partial charge in [-0.1, -0.05) is 35.9 Å². The van der Waals surface area contributed by atoms with E-state index in [4.69, 9.17) is 11.6 Å². The number of hydrogen-bond donors (Lipinski definition) is 2. The highest BCUT2D eigenvalue weighted by Gasteiger charge is 2.25. The highest BCUT2D eigenvalue weighted by molar-refractivity contribution is 7.89. The van der Waals surface area contributed by atoms with Crippen molar-refractivity contribution in [3.63, 3.8) is 0 Å². The molecule has 3 aromatic rings. The summed E-state index contributed by atoms with van der Waals surface area (Å²) < 4.78 is 27.3. The number of fused-ring (bicyclic) bond motifs is 1. The summed E-state index contributed by atoms with van der Waals surface area (Å²) in [6.07, 6.45) is 1.39. The molecule has 0 aliphatic rings. The molecular formula is C18H13ClN2O6S-2. The van der Waals surface area contributed by atoms with E-state index in [9.17, 15) is 28.2 Å². The first-order valence-corrected chi connectivity index (χ1v) is 9.84. The predicted octanol–water partition coefficient (Wildman–Crippen LogP) is -0.176. The van der Waals surface area contributed by atoms with Crippen molar-refractivity contribution < 1.29 is 28.2 Å². The van der Waals surface area contributed by atoms with Gasteiger partial charge in [-0.3, -0.25) is 0 Å². The molecule has 0 saturated heterocycles. The number of H-pyrrole nitrogens is 1. The molecule has 0 aliphatic carbocycles. The molecule has 10 heteroatoms. The summed E-state index contributed by atoms with van der Waals surface area (Å²) in [6.45, 7) is 0. The summed E-state index contributed by atoms with van der Waals surface area (Å²) in [6, 6.07) is 8.49. The van der Waals surface area contributed by atoms with Crippen LogP contribution in [-0.4, -0.2) is 31.4 Å². The molecule has 0 aliphatic heterocycles. The van der Waals surface area contributed by atoms with Gasteiger partial charge in [0.1, 0.15) is 4.90 Å². The number of carboxylic acid groups (broad SMARTS) is 2. The van der Waals surface area contributed by atoms with Crippen molar-refractivity contribution in [1.29, 1.82) is 0 Å². The Morgan fingerprint density at radius 2 is 1.86 bits per heavy atom. The molecule has 0 bridgehead atoms. The van der Waals surface area contributed by atoms with Crippen LogP contribution in [0.2, 0.25) is 5.02 Å². The molecule has 1 atom stereocenters. The molecule has 1 heterocycles. The van der Waals surface area contributed by atoms with Gasteiger partial charge in [-0.25, -0.2) is 13.1 Å². The second kappa shape index (κ2) is 7.63. The molecule has 0 radical (unpaired) electrons. The predicted molar refractivity (Wildman–Crippen MR) is 96.9 cm³/mol. The number of aromatic carboxylic acids is 1. The molecule has 0 spiro atoms. The number of aromatic amines is 1. The fraction of sp³-hybridized carbons (Fsp3) is 0.111.